The molecule has 0 atom stereocenters. The number of hydrogen-bond donors (Lipinski definition) is 1. The van der Waals surface area contributed by atoms with Crippen molar-refractivity contribution in [1.29, 1.82) is 0 Å². The van der Waals surface area contributed by atoms with E-state index in [0.717, 1.165) is 71.7 Å². The maximum atomic E-state index is 6.03. The number of imidazole rings is 1. The van der Waals surface area contributed by atoms with Gasteiger partial charge in [-0.2, -0.15) is 15.0 Å². The van der Waals surface area contributed by atoms with Crippen LogP contribution in [0.5, 0.6) is 5.75 Å². The number of likely N-dealkylation sites (tertiary alicyclic amines) is 1. The van der Waals surface area contributed by atoms with Crippen molar-refractivity contribution in [2.45, 2.75) is 13.5 Å². The van der Waals surface area contributed by atoms with Crippen molar-refractivity contribution in [3.63, 3.8) is 0 Å². The average Bonchev–Trinajstić information content (AvgIpc) is 3.53. The second-order valence-corrected chi connectivity index (χ2v) is 9.32. The number of aryl methyl sites for hydroxylation is 1. The Morgan fingerprint density at radius 2 is 1.86 bits per heavy atom. The molecule has 1 aliphatic rings. The summed E-state index contributed by atoms with van der Waals surface area (Å²) in [4.78, 5) is 17.4. The van der Waals surface area contributed by atoms with Crippen LogP contribution in [0.4, 0.5) is 5.82 Å². The predicted octanol–water partition coefficient (Wildman–Crippen LogP) is 3.53. The van der Waals surface area contributed by atoms with Gasteiger partial charge in [-0.15, -0.1) is 0 Å². The van der Waals surface area contributed by atoms with E-state index in [1.165, 1.54) is 0 Å². The molecule has 6 rings (SSSR count). The standard InChI is InChI=1S/C27H29N9O/c1-3-35-15-20(16-35)17-37-22-8-9-36-25(14-29-27(36)10-22)23-11-26(31-18-30-23)28-12-19-4-6-21(7-5-19)24-13-32-34(2)33-24/h4-11,13-14,18,20H,3,12,15-17H2,1-2H3,(H,28,30,31). The van der Waals surface area contributed by atoms with Crippen LogP contribution in [0.1, 0.15) is 12.5 Å². The van der Waals surface area contributed by atoms with Crippen LogP contribution in [-0.2, 0) is 13.6 Å². The van der Waals surface area contributed by atoms with Gasteiger partial charge in [-0.05, 0) is 18.2 Å². The van der Waals surface area contributed by atoms with E-state index in [1.807, 2.05) is 42.0 Å². The van der Waals surface area contributed by atoms with Crippen molar-refractivity contribution in [3.8, 4) is 28.4 Å². The molecule has 0 amide bonds. The molecule has 1 aromatic carbocycles. The van der Waals surface area contributed by atoms with Crippen LogP contribution in [0.15, 0.2) is 67.4 Å². The third kappa shape index (κ3) is 5.01. The van der Waals surface area contributed by atoms with Crippen molar-refractivity contribution >= 4 is 11.5 Å². The Hall–Kier alpha value is -4.31. The van der Waals surface area contributed by atoms with E-state index in [0.29, 0.717) is 12.5 Å². The molecule has 0 unspecified atom stereocenters. The number of ether oxygens (including phenoxy) is 1. The van der Waals surface area contributed by atoms with Crippen molar-refractivity contribution in [2.75, 3.05) is 31.6 Å². The lowest BCUT2D eigenvalue weighted by atomic mass is 10.0. The Bertz CT molecular complexity index is 1500. The topological polar surface area (TPSA) is 98.3 Å². The molecule has 10 heteroatoms. The van der Waals surface area contributed by atoms with Crippen LogP contribution in [0.2, 0.25) is 0 Å². The van der Waals surface area contributed by atoms with Crippen LogP contribution in [0.25, 0.3) is 28.3 Å². The molecule has 1 saturated heterocycles. The van der Waals surface area contributed by atoms with E-state index in [2.05, 4.69) is 66.6 Å². The summed E-state index contributed by atoms with van der Waals surface area (Å²) in [6.07, 6.45) is 7.16. The minimum absolute atomic E-state index is 0.606. The minimum Gasteiger partial charge on any atom is -0.493 e. The van der Waals surface area contributed by atoms with Crippen LogP contribution in [0.3, 0.4) is 0 Å². The van der Waals surface area contributed by atoms with Crippen LogP contribution >= 0.6 is 0 Å². The van der Waals surface area contributed by atoms with Crippen LogP contribution < -0.4 is 10.1 Å². The SMILES string of the molecule is CCN1CC(COc2ccn3c(-c4cc(NCc5ccc(-c6cnn(C)n6)cc5)ncn4)cnc3c2)C1. The van der Waals surface area contributed by atoms with Gasteiger partial charge in [-0.25, -0.2) is 15.0 Å². The van der Waals surface area contributed by atoms with E-state index < -0.39 is 0 Å². The van der Waals surface area contributed by atoms with Crippen molar-refractivity contribution in [3.05, 3.63) is 72.9 Å². The lowest BCUT2D eigenvalue weighted by Crippen LogP contribution is -2.48. The number of aromatic nitrogens is 7. The summed E-state index contributed by atoms with van der Waals surface area (Å²) in [5.41, 5.74) is 5.56. The number of nitrogens with zero attached hydrogens (tertiary/aromatic N) is 8. The number of pyridine rings is 1. The van der Waals surface area contributed by atoms with E-state index >= 15 is 0 Å². The molecule has 188 valence electrons. The summed E-state index contributed by atoms with van der Waals surface area (Å²) < 4.78 is 8.05. The van der Waals surface area contributed by atoms with Gasteiger partial charge in [-0.1, -0.05) is 31.2 Å². The molecule has 1 N–H and O–H groups in total. The summed E-state index contributed by atoms with van der Waals surface area (Å²) in [5.74, 6) is 2.20. The quantitative estimate of drug-likeness (QED) is 0.332. The molecule has 1 aliphatic heterocycles. The fourth-order valence-electron chi connectivity index (χ4n) is 4.55. The number of nitrogens with one attached hydrogen (secondary N) is 1. The molecular weight excluding hydrogens is 466 g/mol. The summed E-state index contributed by atoms with van der Waals surface area (Å²) in [6, 6.07) is 14.2. The van der Waals surface area contributed by atoms with Gasteiger partial charge in [0.1, 0.15) is 29.2 Å². The fourth-order valence-corrected chi connectivity index (χ4v) is 4.55. The van der Waals surface area contributed by atoms with E-state index in [1.54, 1.807) is 17.3 Å². The molecule has 10 nitrogen and oxygen atoms in total. The first-order valence-corrected chi connectivity index (χ1v) is 12.5. The lowest BCUT2D eigenvalue weighted by molar-refractivity contribution is 0.0671. The first-order valence-electron chi connectivity index (χ1n) is 12.5. The third-order valence-corrected chi connectivity index (χ3v) is 6.70. The van der Waals surface area contributed by atoms with Gasteiger partial charge >= 0.3 is 0 Å². The van der Waals surface area contributed by atoms with E-state index in [9.17, 15) is 0 Å². The Morgan fingerprint density at radius 3 is 2.65 bits per heavy atom. The van der Waals surface area contributed by atoms with Crippen molar-refractivity contribution in [1.82, 2.24) is 39.2 Å². The number of rotatable bonds is 9. The number of anilines is 1. The highest BCUT2D eigenvalue weighted by atomic mass is 16.5. The van der Waals surface area contributed by atoms with E-state index in [4.69, 9.17) is 4.74 Å². The molecule has 5 heterocycles. The molecule has 4 aromatic heterocycles. The highest BCUT2D eigenvalue weighted by Crippen LogP contribution is 2.24. The maximum Gasteiger partial charge on any atom is 0.140 e. The summed E-state index contributed by atoms with van der Waals surface area (Å²) in [5, 5.41) is 11.9. The fraction of sp³-hybridized carbons (Fsp3) is 0.296. The molecule has 5 aromatic rings. The largest absolute Gasteiger partial charge is 0.493 e. The molecule has 0 aliphatic carbocycles. The molecule has 0 bridgehead atoms. The monoisotopic (exact) mass is 495 g/mol. The van der Waals surface area contributed by atoms with E-state index in [-0.39, 0.29) is 0 Å². The third-order valence-electron chi connectivity index (χ3n) is 6.70. The van der Waals surface area contributed by atoms with Crippen molar-refractivity contribution in [2.24, 2.45) is 13.0 Å². The Kier molecular flexibility index (Phi) is 6.23. The van der Waals surface area contributed by atoms with Gasteiger partial charge in [0.05, 0.1) is 30.4 Å². The number of hydrogen-bond acceptors (Lipinski definition) is 8. The number of fused-ring (bicyclic) bond motifs is 1. The van der Waals surface area contributed by atoms with Gasteiger partial charge in [0.25, 0.3) is 0 Å². The maximum absolute atomic E-state index is 6.03. The molecule has 37 heavy (non-hydrogen) atoms. The summed E-state index contributed by atoms with van der Waals surface area (Å²) in [6.45, 7) is 6.91. The summed E-state index contributed by atoms with van der Waals surface area (Å²) in [7, 11) is 1.81. The van der Waals surface area contributed by atoms with Gasteiger partial charge in [-0.3, -0.25) is 4.40 Å². The zero-order valence-corrected chi connectivity index (χ0v) is 20.9. The molecule has 0 radical (unpaired) electrons. The molecular formula is C27H29N9O. The smallest absolute Gasteiger partial charge is 0.140 e. The molecule has 0 spiro atoms. The minimum atomic E-state index is 0.606. The Morgan fingerprint density at radius 1 is 1.00 bits per heavy atom. The van der Waals surface area contributed by atoms with Crippen molar-refractivity contribution < 1.29 is 4.74 Å². The second kappa shape index (κ2) is 9.98. The molecule has 1 fully saturated rings. The lowest BCUT2D eigenvalue weighted by Gasteiger charge is -2.38. The normalized spacial score (nSPS) is 14.1. The van der Waals surface area contributed by atoms with Gasteiger partial charge in [0, 0.05) is 56.5 Å². The first-order chi connectivity index (χ1) is 18.1. The zero-order chi connectivity index (χ0) is 25.2. The zero-order valence-electron chi connectivity index (χ0n) is 20.9. The highest BCUT2D eigenvalue weighted by molar-refractivity contribution is 5.63. The highest BCUT2D eigenvalue weighted by Gasteiger charge is 2.25. The van der Waals surface area contributed by atoms with Crippen LogP contribution in [-0.4, -0.2) is 65.5 Å². The number of benzene rings is 1. The second-order valence-electron chi connectivity index (χ2n) is 9.32. The van der Waals surface area contributed by atoms with Gasteiger partial charge in [0.15, 0.2) is 0 Å². The Balaban J connectivity index is 1.10. The Labute approximate surface area is 215 Å². The average molecular weight is 496 g/mol. The molecule has 0 saturated carbocycles. The predicted molar refractivity (Wildman–Crippen MR) is 141 cm³/mol. The van der Waals surface area contributed by atoms with Gasteiger partial charge in [0.2, 0.25) is 0 Å². The first kappa shape index (κ1) is 23.1. The summed E-state index contributed by atoms with van der Waals surface area (Å²) >= 11 is 0. The van der Waals surface area contributed by atoms with Crippen LogP contribution in [0, 0.1) is 5.92 Å². The van der Waals surface area contributed by atoms with Gasteiger partial charge < -0.3 is 15.0 Å².